The normalized spacial score (nSPS) is 11.3. The Hall–Kier alpha value is -2.76. The van der Waals surface area contributed by atoms with Crippen LogP contribution in [-0.2, 0) is 0 Å². The van der Waals surface area contributed by atoms with E-state index in [0.29, 0.717) is 0 Å². The molecule has 0 bridgehead atoms. The molecule has 2 N–H and O–H groups in total. The van der Waals surface area contributed by atoms with Crippen LogP contribution in [0.15, 0.2) is 36.9 Å². The smallest absolute Gasteiger partial charge is 0.155 e. The SMILES string of the molecule is c1cc2cn[nH]c2c(-c2cnc3[nH]ncc3c2)n1. The van der Waals surface area contributed by atoms with E-state index in [1.54, 1.807) is 24.8 Å². The van der Waals surface area contributed by atoms with Crippen molar-refractivity contribution in [2.75, 3.05) is 0 Å². The summed E-state index contributed by atoms with van der Waals surface area (Å²) in [5.41, 5.74) is 3.48. The Bertz CT molecular complexity index is 844. The summed E-state index contributed by atoms with van der Waals surface area (Å²) in [6.07, 6.45) is 7.08. The average molecular weight is 236 g/mol. The van der Waals surface area contributed by atoms with Gasteiger partial charge < -0.3 is 0 Å². The number of rotatable bonds is 1. The van der Waals surface area contributed by atoms with Crippen LogP contribution in [0.2, 0.25) is 0 Å². The Labute approximate surface area is 101 Å². The van der Waals surface area contributed by atoms with E-state index in [2.05, 4.69) is 30.4 Å². The zero-order chi connectivity index (χ0) is 11.9. The van der Waals surface area contributed by atoms with Gasteiger partial charge in [-0.3, -0.25) is 15.2 Å². The summed E-state index contributed by atoms with van der Waals surface area (Å²) in [6, 6.07) is 3.93. The van der Waals surface area contributed by atoms with Gasteiger partial charge in [-0.25, -0.2) is 4.98 Å². The van der Waals surface area contributed by atoms with Crippen LogP contribution in [0.25, 0.3) is 33.2 Å². The van der Waals surface area contributed by atoms with Crippen molar-refractivity contribution in [1.82, 2.24) is 30.4 Å². The van der Waals surface area contributed by atoms with Gasteiger partial charge in [0, 0.05) is 28.7 Å². The van der Waals surface area contributed by atoms with Crippen molar-refractivity contribution in [2.45, 2.75) is 0 Å². The van der Waals surface area contributed by atoms with E-state index in [1.165, 1.54) is 0 Å². The number of hydrogen-bond donors (Lipinski definition) is 2. The van der Waals surface area contributed by atoms with Gasteiger partial charge in [0.15, 0.2) is 5.65 Å². The van der Waals surface area contributed by atoms with E-state index in [4.69, 9.17) is 0 Å². The Morgan fingerprint density at radius 2 is 1.78 bits per heavy atom. The van der Waals surface area contributed by atoms with E-state index in [0.717, 1.165) is 33.2 Å². The zero-order valence-electron chi connectivity index (χ0n) is 9.25. The van der Waals surface area contributed by atoms with E-state index < -0.39 is 0 Å². The first-order valence-electron chi connectivity index (χ1n) is 5.49. The summed E-state index contributed by atoms with van der Waals surface area (Å²) in [5.74, 6) is 0. The molecule has 0 radical (unpaired) electrons. The molecule has 0 aliphatic heterocycles. The number of nitrogens with zero attached hydrogens (tertiary/aromatic N) is 4. The van der Waals surface area contributed by atoms with Crippen molar-refractivity contribution in [3.63, 3.8) is 0 Å². The molecule has 18 heavy (non-hydrogen) atoms. The highest BCUT2D eigenvalue weighted by Gasteiger charge is 2.08. The summed E-state index contributed by atoms with van der Waals surface area (Å²) >= 11 is 0. The summed E-state index contributed by atoms with van der Waals surface area (Å²) < 4.78 is 0. The molecule has 0 amide bonds. The molecule has 6 heteroatoms. The van der Waals surface area contributed by atoms with Crippen LogP contribution in [0.1, 0.15) is 0 Å². The predicted molar refractivity (Wildman–Crippen MR) is 66.8 cm³/mol. The topological polar surface area (TPSA) is 83.1 Å². The number of nitrogens with one attached hydrogen (secondary N) is 2. The lowest BCUT2D eigenvalue weighted by molar-refractivity contribution is 1.10. The minimum atomic E-state index is 0.774. The van der Waals surface area contributed by atoms with E-state index in [9.17, 15) is 0 Å². The molecule has 4 aromatic heterocycles. The summed E-state index contributed by atoms with van der Waals surface area (Å²) in [7, 11) is 0. The number of hydrogen-bond acceptors (Lipinski definition) is 4. The summed E-state index contributed by atoms with van der Waals surface area (Å²) in [6.45, 7) is 0. The lowest BCUT2D eigenvalue weighted by atomic mass is 10.1. The molecule has 86 valence electrons. The van der Waals surface area contributed by atoms with Crippen LogP contribution in [0, 0.1) is 0 Å². The quantitative estimate of drug-likeness (QED) is 0.528. The van der Waals surface area contributed by atoms with Crippen molar-refractivity contribution >= 4 is 21.9 Å². The molecule has 4 rings (SSSR count). The molecule has 4 aromatic rings. The molecule has 0 aliphatic carbocycles. The molecule has 0 spiro atoms. The summed E-state index contributed by atoms with van der Waals surface area (Å²) in [4.78, 5) is 8.72. The highest BCUT2D eigenvalue weighted by molar-refractivity contribution is 5.92. The lowest BCUT2D eigenvalue weighted by Gasteiger charge is -2.01. The molecule has 6 nitrogen and oxygen atoms in total. The average Bonchev–Trinajstić information content (AvgIpc) is 3.05. The van der Waals surface area contributed by atoms with Crippen molar-refractivity contribution in [2.24, 2.45) is 0 Å². The van der Waals surface area contributed by atoms with Crippen LogP contribution in [0.3, 0.4) is 0 Å². The second-order valence-corrected chi connectivity index (χ2v) is 4.03. The fourth-order valence-corrected chi connectivity index (χ4v) is 2.05. The molecule has 0 unspecified atom stereocenters. The van der Waals surface area contributed by atoms with E-state index >= 15 is 0 Å². The Balaban J connectivity index is 2.03. The highest BCUT2D eigenvalue weighted by atomic mass is 15.1. The number of H-pyrrole nitrogens is 2. The minimum Gasteiger partial charge on any atom is -0.276 e. The molecule has 0 saturated heterocycles. The second-order valence-electron chi connectivity index (χ2n) is 4.03. The van der Waals surface area contributed by atoms with Crippen molar-refractivity contribution < 1.29 is 0 Å². The molecule has 0 aromatic carbocycles. The Kier molecular flexibility index (Phi) is 1.74. The van der Waals surface area contributed by atoms with Gasteiger partial charge in [-0.05, 0) is 12.1 Å². The first-order valence-corrected chi connectivity index (χ1v) is 5.49. The monoisotopic (exact) mass is 236 g/mol. The van der Waals surface area contributed by atoms with Crippen LogP contribution < -0.4 is 0 Å². The first kappa shape index (κ1) is 9.29. The highest BCUT2D eigenvalue weighted by Crippen LogP contribution is 2.25. The number of aromatic nitrogens is 6. The van der Waals surface area contributed by atoms with Crippen molar-refractivity contribution in [1.29, 1.82) is 0 Å². The van der Waals surface area contributed by atoms with Gasteiger partial charge >= 0.3 is 0 Å². The third-order valence-corrected chi connectivity index (χ3v) is 2.93. The maximum Gasteiger partial charge on any atom is 0.155 e. The van der Waals surface area contributed by atoms with Gasteiger partial charge in [0.05, 0.1) is 23.6 Å². The lowest BCUT2D eigenvalue weighted by Crippen LogP contribution is -1.87. The van der Waals surface area contributed by atoms with Crippen molar-refractivity contribution in [3.05, 3.63) is 36.9 Å². The second kappa shape index (κ2) is 3.36. The molecule has 4 heterocycles. The fourth-order valence-electron chi connectivity index (χ4n) is 2.05. The van der Waals surface area contributed by atoms with Crippen LogP contribution >= 0.6 is 0 Å². The van der Waals surface area contributed by atoms with Gasteiger partial charge in [-0.15, -0.1) is 0 Å². The van der Waals surface area contributed by atoms with Gasteiger partial charge in [-0.2, -0.15) is 10.2 Å². The molecule has 0 aliphatic rings. The molecule has 0 fully saturated rings. The van der Waals surface area contributed by atoms with E-state index in [1.807, 2.05) is 12.1 Å². The zero-order valence-corrected chi connectivity index (χ0v) is 9.25. The predicted octanol–water partition coefficient (Wildman–Crippen LogP) is 1.90. The minimum absolute atomic E-state index is 0.774. The Morgan fingerprint density at radius 1 is 0.889 bits per heavy atom. The first-order chi connectivity index (χ1) is 8.92. The van der Waals surface area contributed by atoms with Gasteiger partial charge in [-0.1, -0.05) is 0 Å². The number of fused-ring (bicyclic) bond motifs is 2. The van der Waals surface area contributed by atoms with Gasteiger partial charge in [0.1, 0.15) is 0 Å². The molecular formula is C12H8N6. The van der Waals surface area contributed by atoms with Gasteiger partial charge in [0.25, 0.3) is 0 Å². The standard InChI is InChI=1S/C12H8N6/c1-2-13-10(11-7(1)5-15-17-11)8-3-9-6-16-18-12(9)14-4-8/h1-6H,(H,15,17)(H,14,16,18). The Morgan fingerprint density at radius 3 is 2.78 bits per heavy atom. The summed E-state index contributed by atoms with van der Waals surface area (Å²) in [5, 5.41) is 15.8. The third-order valence-electron chi connectivity index (χ3n) is 2.93. The number of pyridine rings is 2. The van der Waals surface area contributed by atoms with Crippen LogP contribution in [-0.4, -0.2) is 30.4 Å². The molecule has 0 atom stereocenters. The van der Waals surface area contributed by atoms with Crippen LogP contribution in [0.4, 0.5) is 0 Å². The van der Waals surface area contributed by atoms with Crippen molar-refractivity contribution in [3.8, 4) is 11.3 Å². The number of aromatic amines is 2. The maximum atomic E-state index is 4.40. The van der Waals surface area contributed by atoms with E-state index in [-0.39, 0.29) is 0 Å². The maximum absolute atomic E-state index is 4.40. The fraction of sp³-hybridized carbons (Fsp3) is 0. The largest absolute Gasteiger partial charge is 0.276 e. The third kappa shape index (κ3) is 1.22. The molecular weight excluding hydrogens is 228 g/mol. The van der Waals surface area contributed by atoms with Gasteiger partial charge in [0.2, 0.25) is 0 Å². The molecule has 0 saturated carbocycles. The van der Waals surface area contributed by atoms with Crippen LogP contribution in [0.5, 0.6) is 0 Å².